The van der Waals surface area contributed by atoms with Gasteiger partial charge in [-0.3, -0.25) is 4.79 Å². The number of amides is 1. The molecule has 8 nitrogen and oxygen atoms in total. The van der Waals surface area contributed by atoms with Crippen LogP contribution in [0.4, 0.5) is 5.82 Å². The molecule has 4 rings (SSSR count). The van der Waals surface area contributed by atoms with E-state index in [0.29, 0.717) is 25.3 Å². The lowest BCUT2D eigenvalue weighted by Gasteiger charge is -2.30. The Balaban J connectivity index is 1.50. The lowest BCUT2D eigenvalue weighted by molar-refractivity contribution is 0.0731. The van der Waals surface area contributed by atoms with Gasteiger partial charge in [-0.25, -0.2) is 9.97 Å². The zero-order valence-electron chi connectivity index (χ0n) is 18.6. The first-order chi connectivity index (χ1) is 15.0. The summed E-state index contributed by atoms with van der Waals surface area (Å²) in [5.41, 5.74) is 2.71. The Morgan fingerprint density at radius 1 is 1.35 bits per heavy atom. The average Bonchev–Trinajstić information content (AvgIpc) is 3.32. The van der Waals surface area contributed by atoms with Crippen molar-refractivity contribution in [1.82, 2.24) is 25.1 Å². The molecule has 1 amide bonds. The zero-order chi connectivity index (χ0) is 21.8. The van der Waals surface area contributed by atoms with Gasteiger partial charge in [-0.15, -0.1) is 0 Å². The van der Waals surface area contributed by atoms with E-state index in [0.717, 1.165) is 61.0 Å². The molecule has 0 aliphatic carbocycles. The molecule has 1 aromatic carbocycles. The summed E-state index contributed by atoms with van der Waals surface area (Å²) in [6, 6.07) is 7.65. The van der Waals surface area contributed by atoms with Gasteiger partial charge in [0.2, 0.25) is 0 Å². The fraction of sp³-hybridized carbons (Fsp3) is 0.522. The maximum absolute atomic E-state index is 13.2. The van der Waals surface area contributed by atoms with Gasteiger partial charge in [0, 0.05) is 31.3 Å². The van der Waals surface area contributed by atoms with E-state index < -0.39 is 0 Å². The van der Waals surface area contributed by atoms with Gasteiger partial charge in [-0.2, -0.15) is 0 Å². The molecule has 2 aromatic rings. The Hall–Kier alpha value is -2.71. The van der Waals surface area contributed by atoms with E-state index in [1.54, 1.807) is 0 Å². The van der Waals surface area contributed by atoms with E-state index in [1.165, 1.54) is 0 Å². The third-order valence-corrected chi connectivity index (χ3v) is 5.87. The molecular weight excluding hydrogens is 392 g/mol. The van der Waals surface area contributed by atoms with Crippen molar-refractivity contribution >= 4 is 11.7 Å². The van der Waals surface area contributed by atoms with Crippen molar-refractivity contribution in [3.8, 4) is 5.75 Å². The van der Waals surface area contributed by atoms with E-state index in [2.05, 4.69) is 15.5 Å². The van der Waals surface area contributed by atoms with Crippen molar-refractivity contribution in [2.75, 3.05) is 52.7 Å². The maximum atomic E-state index is 13.2. The average molecular weight is 425 g/mol. The van der Waals surface area contributed by atoms with E-state index in [4.69, 9.17) is 14.7 Å². The molecule has 166 valence electrons. The maximum Gasteiger partial charge on any atom is 0.254 e. The summed E-state index contributed by atoms with van der Waals surface area (Å²) in [7, 11) is 5.91. The number of anilines is 1. The molecule has 0 bridgehead atoms. The van der Waals surface area contributed by atoms with Crippen LogP contribution in [0.2, 0.25) is 0 Å². The van der Waals surface area contributed by atoms with Gasteiger partial charge in [-0.1, -0.05) is 6.07 Å². The molecule has 2 N–H and O–H groups in total. The van der Waals surface area contributed by atoms with Crippen LogP contribution >= 0.6 is 0 Å². The summed E-state index contributed by atoms with van der Waals surface area (Å²) in [6.45, 7) is 3.56. The number of ether oxygens (including phenoxy) is 1. The minimum absolute atomic E-state index is 0.00821. The number of fused-ring (bicyclic) bond motifs is 1. The fourth-order valence-corrected chi connectivity index (χ4v) is 4.14. The lowest BCUT2D eigenvalue weighted by atomic mass is 10.0. The minimum atomic E-state index is 0.00821. The topological polar surface area (TPSA) is 82.6 Å². The molecule has 0 radical (unpaired) electrons. The molecule has 1 fully saturated rings. The number of carbonyl (C=O) groups excluding carboxylic acids is 1. The highest BCUT2D eigenvalue weighted by Crippen LogP contribution is 2.28. The lowest BCUT2D eigenvalue weighted by Crippen LogP contribution is -2.37. The Labute approximate surface area is 184 Å². The zero-order valence-corrected chi connectivity index (χ0v) is 18.6. The molecule has 0 unspecified atom stereocenters. The summed E-state index contributed by atoms with van der Waals surface area (Å²) >= 11 is 0. The first-order valence-corrected chi connectivity index (χ1v) is 11.0. The van der Waals surface area contributed by atoms with Crippen molar-refractivity contribution in [3.63, 3.8) is 0 Å². The van der Waals surface area contributed by atoms with Gasteiger partial charge >= 0.3 is 0 Å². The van der Waals surface area contributed by atoms with Gasteiger partial charge in [0.05, 0.1) is 18.3 Å². The van der Waals surface area contributed by atoms with Gasteiger partial charge in [0.25, 0.3) is 5.91 Å². The van der Waals surface area contributed by atoms with Gasteiger partial charge < -0.3 is 25.2 Å². The highest BCUT2D eigenvalue weighted by Gasteiger charge is 2.28. The highest BCUT2D eigenvalue weighted by molar-refractivity contribution is 5.94. The Morgan fingerprint density at radius 2 is 2.23 bits per heavy atom. The van der Waals surface area contributed by atoms with Crippen molar-refractivity contribution in [2.45, 2.75) is 31.8 Å². The van der Waals surface area contributed by atoms with Gasteiger partial charge in [-0.05, 0) is 58.1 Å². The minimum Gasteiger partial charge on any atom is -0.492 e. The Bertz CT molecular complexity index is 926. The van der Waals surface area contributed by atoms with E-state index in [1.807, 2.05) is 50.3 Å². The standard InChI is InChI=1S/C23H32N6O2/c1-24-21-18-9-11-29(15-20(18)26-22(27-21)19-8-5-10-25-19)23(30)16-6-4-7-17(14-16)31-13-12-28(2)3/h4,6-7,14,19,25H,5,8-13,15H2,1-3H3,(H,24,26,27)/t19-/m0/s1. The first-order valence-electron chi connectivity index (χ1n) is 11.0. The number of carbonyl (C=O) groups is 1. The normalized spacial score (nSPS) is 18.2. The van der Waals surface area contributed by atoms with Gasteiger partial charge in [0.1, 0.15) is 24.0 Å². The Kier molecular flexibility index (Phi) is 6.67. The molecule has 2 aliphatic rings. The molecule has 0 saturated carbocycles. The van der Waals surface area contributed by atoms with Crippen molar-refractivity contribution in [2.24, 2.45) is 0 Å². The second kappa shape index (κ2) is 9.62. The predicted molar refractivity (Wildman–Crippen MR) is 120 cm³/mol. The second-order valence-corrected chi connectivity index (χ2v) is 8.41. The number of hydrogen-bond acceptors (Lipinski definition) is 7. The molecule has 2 aliphatic heterocycles. The third-order valence-electron chi connectivity index (χ3n) is 5.87. The van der Waals surface area contributed by atoms with Gasteiger partial charge in [0.15, 0.2) is 0 Å². The van der Waals surface area contributed by atoms with Crippen molar-refractivity contribution in [3.05, 3.63) is 46.9 Å². The summed E-state index contributed by atoms with van der Waals surface area (Å²) in [6.07, 6.45) is 2.93. The molecule has 8 heteroatoms. The number of aromatic nitrogens is 2. The predicted octanol–water partition coefficient (Wildman–Crippen LogP) is 2.08. The summed E-state index contributed by atoms with van der Waals surface area (Å²) in [5.74, 6) is 2.44. The molecule has 31 heavy (non-hydrogen) atoms. The number of rotatable bonds is 7. The van der Waals surface area contributed by atoms with E-state index >= 15 is 0 Å². The number of likely N-dealkylation sites (N-methyl/N-ethyl adjacent to an activating group) is 1. The van der Waals surface area contributed by atoms with Crippen LogP contribution in [-0.4, -0.2) is 73.1 Å². The fourth-order valence-electron chi connectivity index (χ4n) is 4.14. The molecule has 1 aromatic heterocycles. The van der Waals surface area contributed by atoms with Crippen LogP contribution < -0.4 is 15.4 Å². The number of nitrogens with one attached hydrogen (secondary N) is 2. The summed E-state index contributed by atoms with van der Waals surface area (Å²) in [4.78, 5) is 26.8. The van der Waals surface area contributed by atoms with Crippen LogP contribution in [0.3, 0.4) is 0 Å². The number of benzene rings is 1. The smallest absolute Gasteiger partial charge is 0.254 e. The summed E-state index contributed by atoms with van der Waals surface area (Å²) in [5, 5.41) is 6.70. The molecular formula is C23H32N6O2. The molecule has 1 atom stereocenters. The SMILES string of the molecule is CNc1nc([C@@H]2CCCN2)nc2c1CCN(C(=O)c1cccc(OCCN(C)C)c1)C2. The third kappa shape index (κ3) is 4.97. The van der Waals surface area contributed by atoms with E-state index in [-0.39, 0.29) is 11.9 Å². The highest BCUT2D eigenvalue weighted by atomic mass is 16.5. The van der Waals surface area contributed by atoms with Crippen LogP contribution in [0.1, 0.15) is 46.3 Å². The largest absolute Gasteiger partial charge is 0.492 e. The monoisotopic (exact) mass is 424 g/mol. The van der Waals surface area contributed by atoms with E-state index in [9.17, 15) is 4.79 Å². The quantitative estimate of drug-likeness (QED) is 0.704. The molecule has 1 saturated heterocycles. The van der Waals surface area contributed by atoms with Crippen molar-refractivity contribution in [1.29, 1.82) is 0 Å². The summed E-state index contributed by atoms with van der Waals surface area (Å²) < 4.78 is 5.81. The second-order valence-electron chi connectivity index (χ2n) is 8.41. The number of hydrogen-bond donors (Lipinski definition) is 2. The molecule has 3 heterocycles. The Morgan fingerprint density at radius 3 is 2.97 bits per heavy atom. The molecule has 0 spiro atoms. The first kappa shape index (κ1) is 21.5. The van der Waals surface area contributed by atoms with Crippen LogP contribution in [0.25, 0.3) is 0 Å². The number of nitrogens with zero attached hydrogens (tertiary/aromatic N) is 4. The van der Waals surface area contributed by atoms with Crippen LogP contribution in [-0.2, 0) is 13.0 Å². The van der Waals surface area contributed by atoms with Crippen LogP contribution in [0, 0.1) is 0 Å². The van der Waals surface area contributed by atoms with Crippen LogP contribution in [0.5, 0.6) is 5.75 Å². The van der Waals surface area contributed by atoms with Crippen LogP contribution in [0.15, 0.2) is 24.3 Å². The van der Waals surface area contributed by atoms with Crippen molar-refractivity contribution < 1.29 is 9.53 Å².